The normalized spacial score (nSPS) is 12.2. The maximum Gasteiger partial charge on any atom is 0.241 e. The van der Waals surface area contributed by atoms with Gasteiger partial charge >= 0.3 is 0 Å². The zero-order valence-corrected chi connectivity index (χ0v) is 8.79. The predicted molar refractivity (Wildman–Crippen MR) is 58.3 cm³/mol. The molecule has 0 aliphatic rings. The molecule has 1 unspecified atom stereocenters. The van der Waals surface area contributed by atoms with Gasteiger partial charge in [-0.3, -0.25) is 4.79 Å². The Morgan fingerprint density at radius 3 is 2.36 bits per heavy atom. The van der Waals surface area contributed by atoms with E-state index in [4.69, 9.17) is 0 Å². The van der Waals surface area contributed by atoms with Crippen LogP contribution < -0.4 is 10.6 Å². The SMILES string of the molecule is CNC(C)C(=O)Nc1ccc(C)cc1. The summed E-state index contributed by atoms with van der Waals surface area (Å²) in [5, 5.41) is 5.70. The average molecular weight is 192 g/mol. The van der Waals surface area contributed by atoms with Gasteiger partial charge < -0.3 is 10.6 Å². The summed E-state index contributed by atoms with van der Waals surface area (Å²) in [7, 11) is 1.76. The summed E-state index contributed by atoms with van der Waals surface area (Å²) in [5.74, 6) is -0.0173. The van der Waals surface area contributed by atoms with Gasteiger partial charge in [0.05, 0.1) is 6.04 Å². The zero-order chi connectivity index (χ0) is 10.6. The summed E-state index contributed by atoms with van der Waals surface area (Å²) in [6, 6.07) is 7.57. The minimum absolute atomic E-state index is 0.0173. The van der Waals surface area contributed by atoms with E-state index in [-0.39, 0.29) is 11.9 Å². The van der Waals surface area contributed by atoms with Gasteiger partial charge in [-0.15, -0.1) is 0 Å². The molecule has 0 aliphatic heterocycles. The van der Waals surface area contributed by atoms with E-state index < -0.39 is 0 Å². The van der Waals surface area contributed by atoms with Gasteiger partial charge in [0, 0.05) is 5.69 Å². The Labute approximate surface area is 84.5 Å². The molecule has 0 radical (unpaired) electrons. The van der Waals surface area contributed by atoms with Crippen molar-refractivity contribution < 1.29 is 4.79 Å². The average Bonchev–Trinajstić information content (AvgIpc) is 2.20. The maximum absolute atomic E-state index is 11.5. The molecule has 3 heteroatoms. The number of aryl methyl sites for hydroxylation is 1. The Morgan fingerprint density at radius 1 is 1.29 bits per heavy atom. The molecule has 1 aromatic rings. The van der Waals surface area contributed by atoms with Gasteiger partial charge in [0.15, 0.2) is 0 Å². The molecule has 0 saturated carbocycles. The minimum atomic E-state index is -0.170. The number of nitrogens with one attached hydrogen (secondary N) is 2. The first kappa shape index (κ1) is 10.7. The van der Waals surface area contributed by atoms with Gasteiger partial charge in [-0.1, -0.05) is 17.7 Å². The number of carbonyl (C=O) groups excluding carboxylic acids is 1. The molecule has 0 spiro atoms. The van der Waals surface area contributed by atoms with E-state index in [1.165, 1.54) is 5.56 Å². The fourth-order valence-corrected chi connectivity index (χ4v) is 1.02. The Hall–Kier alpha value is -1.35. The molecule has 0 fully saturated rings. The van der Waals surface area contributed by atoms with Crippen molar-refractivity contribution in [1.82, 2.24) is 5.32 Å². The first-order chi connectivity index (χ1) is 6.63. The van der Waals surface area contributed by atoms with E-state index in [1.807, 2.05) is 38.1 Å². The smallest absolute Gasteiger partial charge is 0.241 e. The summed E-state index contributed by atoms with van der Waals surface area (Å²) >= 11 is 0. The Kier molecular flexibility index (Phi) is 3.65. The lowest BCUT2D eigenvalue weighted by Crippen LogP contribution is -2.35. The van der Waals surface area contributed by atoms with Crippen LogP contribution >= 0.6 is 0 Å². The van der Waals surface area contributed by atoms with E-state index in [1.54, 1.807) is 7.05 Å². The van der Waals surface area contributed by atoms with Crippen molar-refractivity contribution >= 4 is 11.6 Å². The Morgan fingerprint density at radius 2 is 1.86 bits per heavy atom. The van der Waals surface area contributed by atoms with Crippen molar-refractivity contribution in [2.45, 2.75) is 19.9 Å². The number of carbonyl (C=O) groups is 1. The van der Waals surface area contributed by atoms with Gasteiger partial charge in [0.25, 0.3) is 0 Å². The van der Waals surface area contributed by atoms with E-state index in [0.29, 0.717) is 0 Å². The van der Waals surface area contributed by atoms with Gasteiger partial charge in [-0.2, -0.15) is 0 Å². The van der Waals surface area contributed by atoms with Crippen LogP contribution in [0.4, 0.5) is 5.69 Å². The molecule has 1 amide bonds. The van der Waals surface area contributed by atoms with E-state index >= 15 is 0 Å². The van der Waals surface area contributed by atoms with Crippen LogP contribution in [0.3, 0.4) is 0 Å². The molecule has 3 nitrogen and oxygen atoms in total. The van der Waals surface area contributed by atoms with Crippen molar-refractivity contribution in [2.24, 2.45) is 0 Å². The number of rotatable bonds is 3. The van der Waals surface area contributed by atoms with Crippen molar-refractivity contribution in [3.05, 3.63) is 29.8 Å². The first-order valence-electron chi connectivity index (χ1n) is 4.68. The zero-order valence-electron chi connectivity index (χ0n) is 8.79. The standard InChI is InChI=1S/C11H16N2O/c1-8-4-6-10(7-5-8)13-11(14)9(2)12-3/h4-7,9,12H,1-3H3,(H,13,14). The molecule has 0 aromatic heterocycles. The quantitative estimate of drug-likeness (QED) is 0.762. The Balaban J connectivity index is 2.60. The second-order valence-corrected chi connectivity index (χ2v) is 3.37. The number of benzene rings is 1. The molecule has 2 N–H and O–H groups in total. The molecular formula is C11H16N2O. The number of anilines is 1. The van der Waals surface area contributed by atoms with Crippen LogP contribution in [0.2, 0.25) is 0 Å². The molecule has 1 aromatic carbocycles. The summed E-state index contributed by atoms with van der Waals surface area (Å²) in [6.07, 6.45) is 0. The van der Waals surface area contributed by atoms with Gasteiger partial charge in [0.1, 0.15) is 0 Å². The van der Waals surface area contributed by atoms with Crippen LogP contribution in [0.5, 0.6) is 0 Å². The molecule has 0 heterocycles. The van der Waals surface area contributed by atoms with Crippen LogP contribution in [0.15, 0.2) is 24.3 Å². The monoisotopic (exact) mass is 192 g/mol. The Bertz CT molecular complexity index is 306. The highest BCUT2D eigenvalue weighted by atomic mass is 16.2. The van der Waals surface area contributed by atoms with Crippen molar-refractivity contribution in [2.75, 3.05) is 12.4 Å². The van der Waals surface area contributed by atoms with E-state index in [0.717, 1.165) is 5.69 Å². The molecule has 1 rings (SSSR count). The summed E-state index contributed by atoms with van der Waals surface area (Å²) in [5.41, 5.74) is 2.02. The number of hydrogen-bond acceptors (Lipinski definition) is 2. The van der Waals surface area contributed by atoms with Crippen molar-refractivity contribution in [1.29, 1.82) is 0 Å². The highest BCUT2D eigenvalue weighted by Gasteiger charge is 2.09. The van der Waals surface area contributed by atoms with E-state index in [9.17, 15) is 4.79 Å². The second-order valence-electron chi connectivity index (χ2n) is 3.37. The van der Waals surface area contributed by atoms with Crippen LogP contribution in [-0.2, 0) is 4.79 Å². The van der Waals surface area contributed by atoms with Crippen LogP contribution in [0.1, 0.15) is 12.5 Å². The van der Waals surface area contributed by atoms with E-state index in [2.05, 4.69) is 10.6 Å². The number of hydrogen-bond donors (Lipinski definition) is 2. The number of amides is 1. The van der Waals surface area contributed by atoms with Gasteiger partial charge in [-0.05, 0) is 33.0 Å². The summed E-state index contributed by atoms with van der Waals surface area (Å²) in [4.78, 5) is 11.5. The molecule has 14 heavy (non-hydrogen) atoms. The fraction of sp³-hybridized carbons (Fsp3) is 0.364. The third kappa shape index (κ3) is 2.85. The number of likely N-dealkylation sites (N-methyl/N-ethyl adjacent to an activating group) is 1. The molecule has 0 aliphatic carbocycles. The molecule has 0 saturated heterocycles. The lowest BCUT2D eigenvalue weighted by molar-refractivity contribution is -0.117. The second kappa shape index (κ2) is 4.77. The van der Waals surface area contributed by atoms with Crippen molar-refractivity contribution in [3.63, 3.8) is 0 Å². The highest BCUT2D eigenvalue weighted by Crippen LogP contribution is 2.08. The van der Waals surface area contributed by atoms with Crippen molar-refractivity contribution in [3.8, 4) is 0 Å². The van der Waals surface area contributed by atoms with Crippen LogP contribution in [0, 0.1) is 6.92 Å². The molecule has 1 atom stereocenters. The molecule has 0 bridgehead atoms. The largest absolute Gasteiger partial charge is 0.325 e. The third-order valence-corrected chi connectivity index (χ3v) is 2.15. The highest BCUT2D eigenvalue weighted by molar-refractivity contribution is 5.94. The fourth-order valence-electron chi connectivity index (χ4n) is 1.02. The predicted octanol–water partition coefficient (Wildman–Crippen LogP) is 1.54. The van der Waals surface area contributed by atoms with Gasteiger partial charge in [0.2, 0.25) is 5.91 Å². The minimum Gasteiger partial charge on any atom is -0.325 e. The lowest BCUT2D eigenvalue weighted by Gasteiger charge is -2.10. The molecule has 76 valence electrons. The maximum atomic E-state index is 11.5. The first-order valence-corrected chi connectivity index (χ1v) is 4.68. The van der Waals surface area contributed by atoms with Gasteiger partial charge in [-0.25, -0.2) is 0 Å². The summed E-state index contributed by atoms with van der Waals surface area (Å²) in [6.45, 7) is 3.84. The van der Waals surface area contributed by atoms with Crippen LogP contribution in [0.25, 0.3) is 0 Å². The van der Waals surface area contributed by atoms with Crippen LogP contribution in [-0.4, -0.2) is 19.0 Å². The summed E-state index contributed by atoms with van der Waals surface area (Å²) < 4.78 is 0. The topological polar surface area (TPSA) is 41.1 Å². The lowest BCUT2D eigenvalue weighted by atomic mass is 10.2. The third-order valence-electron chi connectivity index (χ3n) is 2.15. The molecular weight excluding hydrogens is 176 g/mol.